The van der Waals surface area contributed by atoms with E-state index < -0.39 is 5.82 Å². The van der Waals surface area contributed by atoms with Crippen LogP contribution in [-0.2, 0) is 4.79 Å². The summed E-state index contributed by atoms with van der Waals surface area (Å²) >= 11 is 0. The number of nitrogens with two attached hydrogens (primary N) is 1. The highest BCUT2D eigenvalue weighted by atomic mass is 19.1. The van der Waals surface area contributed by atoms with Gasteiger partial charge < -0.3 is 16.0 Å². The summed E-state index contributed by atoms with van der Waals surface area (Å²) in [7, 11) is 3.90. The van der Waals surface area contributed by atoms with Gasteiger partial charge in [-0.15, -0.1) is 0 Å². The number of carbonyl (C=O) groups is 1. The van der Waals surface area contributed by atoms with E-state index in [0.29, 0.717) is 34.1 Å². The van der Waals surface area contributed by atoms with E-state index in [0.717, 1.165) is 12.1 Å². The van der Waals surface area contributed by atoms with Crippen LogP contribution in [0.3, 0.4) is 0 Å². The third kappa shape index (κ3) is 3.99. The standard InChI is InChI=1S/C24H25FN6O/c1-13-5-7-28-10-17(13)16-8-14-9-20(29-11-18(14)23(27)22(16)25)30-24(32)21-15(4-6-26)19(21)12-31(2)3/h5,7-11,15,19,21H,4,12,27H2,1-3H3,(H,29,30,32)/t15-,19-,21+/m1/s1. The Kier molecular flexibility index (Phi) is 5.76. The van der Waals surface area contributed by atoms with Crippen LogP contribution in [0.4, 0.5) is 15.9 Å². The quantitative estimate of drug-likeness (QED) is 0.576. The summed E-state index contributed by atoms with van der Waals surface area (Å²) in [5.41, 5.74) is 7.97. The van der Waals surface area contributed by atoms with Crippen molar-refractivity contribution in [2.24, 2.45) is 17.8 Å². The molecule has 8 heteroatoms. The number of nitrogens with one attached hydrogen (secondary N) is 1. The Morgan fingerprint density at radius 1 is 1.28 bits per heavy atom. The molecule has 0 radical (unpaired) electrons. The van der Waals surface area contributed by atoms with Gasteiger partial charge in [0.25, 0.3) is 0 Å². The maximum atomic E-state index is 15.0. The van der Waals surface area contributed by atoms with Gasteiger partial charge in [0.05, 0.1) is 11.8 Å². The van der Waals surface area contributed by atoms with Crippen LogP contribution >= 0.6 is 0 Å². The maximum absolute atomic E-state index is 15.0. The first-order chi connectivity index (χ1) is 15.3. The fourth-order valence-corrected chi connectivity index (χ4v) is 4.41. The second kappa shape index (κ2) is 8.52. The maximum Gasteiger partial charge on any atom is 0.229 e. The Balaban J connectivity index is 1.64. The molecule has 32 heavy (non-hydrogen) atoms. The fraction of sp³-hybridized carbons (Fsp3) is 0.333. The molecule has 1 fully saturated rings. The van der Waals surface area contributed by atoms with Crippen molar-refractivity contribution in [3.8, 4) is 17.2 Å². The summed E-state index contributed by atoms with van der Waals surface area (Å²) in [5.74, 6) is -0.323. The lowest BCUT2D eigenvalue weighted by atomic mass is 9.98. The summed E-state index contributed by atoms with van der Waals surface area (Å²) in [5, 5.41) is 13.1. The number of nitrogens with zero attached hydrogens (tertiary/aromatic N) is 4. The molecule has 1 amide bonds. The van der Waals surface area contributed by atoms with Crippen molar-refractivity contribution in [2.75, 3.05) is 31.7 Å². The number of rotatable bonds is 6. The van der Waals surface area contributed by atoms with Gasteiger partial charge in [0.2, 0.25) is 5.91 Å². The summed E-state index contributed by atoms with van der Waals surface area (Å²) in [6, 6.07) is 7.38. The molecule has 0 unspecified atom stereocenters. The monoisotopic (exact) mass is 432 g/mol. The molecule has 1 aliphatic rings. The number of benzene rings is 1. The Bertz CT molecular complexity index is 1240. The smallest absolute Gasteiger partial charge is 0.229 e. The van der Waals surface area contributed by atoms with Crippen molar-refractivity contribution >= 4 is 28.2 Å². The highest BCUT2D eigenvalue weighted by Crippen LogP contribution is 2.49. The number of pyridine rings is 2. The topological polar surface area (TPSA) is 108 Å². The molecular weight excluding hydrogens is 407 g/mol. The SMILES string of the molecule is Cc1ccncc1-c1cc2cc(NC(=O)[C@H]3[C@H](CC#N)[C@H]3CN(C)C)ncc2c(N)c1F. The molecule has 0 aliphatic heterocycles. The number of hydrogen-bond acceptors (Lipinski definition) is 6. The number of hydrogen-bond donors (Lipinski definition) is 2. The molecule has 0 bridgehead atoms. The van der Waals surface area contributed by atoms with E-state index in [4.69, 9.17) is 11.0 Å². The molecule has 3 N–H and O–H groups in total. The number of aryl methyl sites for hydroxylation is 1. The highest BCUT2D eigenvalue weighted by Gasteiger charge is 2.54. The average molecular weight is 433 g/mol. The first kappa shape index (κ1) is 21.7. The van der Waals surface area contributed by atoms with Crippen LogP contribution in [0.15, 0.2) is 36.8 Å². The average Bonchev–Trinajstić information content (AvgIpc) is 3.42. The van der Waals surface area contributed by atoms with Crippen LogP contribution < -0.4 is 11.1 Å². The first-order valence-electron chi connectivity index (χ1n) is 10.4. The van der Waals surface area contributed by atoms with Gasteiger partial charge in [0.15, 0.2) is 5.82 Å². The van der Waals surface area contributed by atoms with Crippen LogP contribution in [0.5, 0.6) is 0 Å². The van der Waals surface area contributed by atoms with E-state index in [2.05, 4.69) is 21.4 Å². The normalized spacial score (nSPS) is 19.7. The second-order valence-electron chi connectivity index (χ2n) is 8.60. The Morgan fingerprint density at radius 2 is 2.06 bits per heavy atom. The zero-order chi connectivity index (χ0) is 23.0. The van der Waals surface area contributed by atoms with E-state index in [-0.39, 0.29) is 29.3 Å². The predicted octanol–water partition coefficient (Wildman–Crippen LogP) is 3.60. The number of carbonyl (C=O) groups excluding carboxylic acids is 1. The van der Waals surface area contributed by atoms with Crippen molar-refractivity contribution < 1.29 is 9.18 Å². The van der Waals surface area contributed by atoms with Crippen LogP contribution in [-0.4, -0.2) is 41.4 Å². The summed E-state index contributed by atoms with van der Waals surface area (Å²) in [6.45, 7) is 2.63. The van der Waals surface area contributed by atoms with Crippen molar-refractivity contribution in [1.82, 2.24) is 14.9 Å². The first-order valence-corrected chi connectivity index (χ1v) is 10.4. The number of fused-ring (bicyclic) bond motifs is 1. The molecule has 3 atom stereocenters. The van der Waals surface area contributed by atoms with Crippen molar-refractivity contribution in [3.63, 3.8) is 0 Å². The minimum Gasteiger partial charge on any atom is -0.396 e. The largest absolute Gasteiger partial charge is 0.396 e. The molecule has 3 aromatic rings. The summed E-state index contributed by atoms with van der Waals surface area (Å²) in [6.07, 6.45) is 5.08. The van der Waals surface area contributed by atoms with Gasteiger partial charge in [0, 0.05) is 54.0 Å². The number of anilines is 2. The van der Waals surface area contributed by atoms with Gasteiger partial charge in [-0.2, -0.15) is 5.26 Å². The van der Waals surface area contributed by atoms with Crippen LogP contribution in [0.2, 0.25) is 0 Å². The number of halogens is 1. The molecule has 1 aromatic carbocycles. The molecular formula is C24H25FN6O. The summed E-state index contributed by atoms with van der Waals surface area (Å²) < 4.78 is 15.0. The van der Waals surface area contributed by atoms with Gasteiger partial charge in [-0.3, -0.25) is 9.78 Å². The molecule has 1 aliphatic carbocycles. The number of aromatic nitrogens is 2. The van der Waals surface area contributed by atoms with Crippen molar-refractivity contribution in [2.45, 2.75) is 13.3 Å². The van der Waals surface area contributed by atoms with E-state index in [1.165, 1.54) is 6.20 Å². The van der Waals surface area contributed by atoms with E-state index >= 15 is 4.39 Å². The van der Waals surface area contributed by atoms with Gasteiger partial charge in [0.1, 0.15) is 5.82 Å². The van der Waals surface area contributed by atoms with E-state index in [1.54, 1.807) is 24.5 Å². The fourth-order valence-electron chi connectivity index (χ4n) is 4.41. The zero-order valence-corrected chi connectivity index (χ0v) is 18.3. The Morgan fingerprint density at radius 3 is 2.75 bits per heavy atom. The Labute approximate surface area is 186 Å². The lowest BCUT2D eigenvalue weighted by Gasteiger charge is -2.13. The zero-order valence-electron chi connectivity index (χ0n) is 18.3. The van der Waals surface area contributed by atoms with Gasteiger partial charge in [-0.25, -0.2) is 9.37 Å². The van der Waals surface area contributed by atoms with Gasteiger partial charge in [-0.1, -0.05) is 0 Å². The number of amides is 1. The molecule has 7 nitrogen and oxygen atoms in total. The third-order valence-corrected chi connectivity index (χ3v) is 6.12. The van der Waals surface area contributed by atoms with Crippen molar-refractivity contribution in [3.05, 3.63) is 48.2 Å². The van der Waals surface area contributed by atoms with E-state index in [9.17, 15) is 4.79 Å². The van der Waals surface area contributed by atoms with Crippen molar-refractivity contribution in [1.29, 1.82) is 5.26 Å². The third-order valence-electron chi connectivity index (χ3n) is 6.12. The number of nitriles is 1. The van der Waals surface area contributed by atoms with Crippen LogP contribution in [0, 0.1) is 41.8 Å². The van der Waals surface area contributed by atoms with Crippen LogP contribution in [0.25, 0.3) is 21.9 Å². The number of nitrogen functional groups attached to an aromatic ring is 1. The van der Waals surface area contributed by atoms with Crippen LogP contribution in [0.1, 0.15) is 12.0 Å². The summed E-state index contributed by atoms with van der Waals surface area (Å²) in [4.78, 5) is 23.3. The van der Waals surface area contributed by atoms with Gasteiger partial charge in [-0.05, 0) is 62.0 Å². The Hall–Kier alpha value is -3.57. The molecule has 0 saturated heterocycles. The minimum atomic E-state index is -0.518. The molecule has 0 spiro atoms. The molecule has 164 valence electrons. The lowest BCUT2D eigenvalue weighted by molar-refractivity contribution is -0.117. The second-order valence-corrected chi connectivity index (χ2v) is 8.60. The molecule has 2 aromatic heterocycles. The van der Waals surface area contributed by atoms with Gasteiger partial charge >= 0.3 is 0 Å². The molecule has 2 heterocycles. The lowest BCUT2D eigenvalue weighted by Crippen LogP contribution is -2.20. The van der Waals surface area contributed by atoms with E-state index in [1.807, 2.05) is 32.0 Å². The highest BCUT2D eigenvalue weighted by molar-refractivity contribution is 6.00. The minimum absolute atomic E-state index is 0.00783. The molecule has 4 rings (SSSR count). The molecule has 1 saturated carbocycles. The predicted molar refractivity (Wildman–Crippen MR) is 122 cm³/mol.